The monoisotopic (exact) mass is 238 g/mol. The maximum atomic E-state index is 10.7. The fourth-order valence-corrected chi connectivity index (χ4v) is 2.10. The third-order valence-corrected chi connectivity index (χ3v) is 2.91. The Morgan fingerprint density at radius 1 is 1.65 bits per heavy atom. The quantitative estimate of drug-likeness (QED) is 0.588. The number of nitrogen functional groups attached to an aromatic ring is 1. The highest BCUT2D eigenvalue weighted by Gasteiger charge is 2.26. The third-order valence-electron chi connectivity index (χ3n) is 2.91. The summed E-state index contributed by atoms with van der Waals surface area (Å²) in [5, 5.41) is 19.9. The Kier molecular flexibility index (Phi) is 3.10. The summed E-state index contributed by atoms with van der Waals surface area (Å²) >= 11 is 0. The van der Waals surface area contributed by atoms with Crippen molar-refractivity contribution in [3.8, 4) is 0 Å². The zero-order chi connectivity index (χ0) is 12.4. The van der Waals surface area contributed by atoms with E-state index in [0.717, 1.165) is 19.4 Å². The zero-order valence-corrected chi connectivity index (χ0v) is 9.24. The van der Waals surface area contributed by atoms with Gasteiger partial charge in [0.2, 0.25) is 0 Å². The smallest absolute Gasteiger partial charge is 0.276 e. The molecule has 1 saturated heterocycles. The van der Waals surface area contributed by atoms with E-state index in [1.165, 1.54) is 12.1 Å². The average Bonchev–Trinajstić information content (AvgIpc) is 2.76. The van der Waals surface area contributed by atoms with Crippen LogP contribution in [-0.4, -0.2) is 34.2 Å². The van der Waals surface area contributed by atoms with Crippen LogP contribution in [0, 0.1) is 10.1 Å². The van der Waals surface area contributed by atoms with Crippen LogP contribution in [0.4, 0.5) is 17.3 Å². The van der Waals surface area contributed by atoms with E-state index in [1.54, 1.807) is 0 Å². The fourth-order valence-electron chi connectivity index (χ4n) is 2.10. The number of aliphatic hydroxyl groups excluding tert-OH is 1. The summed E-state index contributed by atoms with van der Waals surface area (Å²) in [7, 11) is 0. The Morgan fingerprint density at radius 2 is 2.41 bits per heavy atom. The predicted molar refractivity (Wildman–Crippen MR) is 62.8 cm³/mol. The summed E-state index contributed by atoms with van der Waals surface area (Å²) in [4.78, 5) is 16.2. The molecule has 2 heterocycles. The highest BCUT2D eigenvalue weighted by Crippen LogP contribution is 2.27. The SMILES string of the molecule is Nc1cc([N+](=O)[O-])cc(N2CCCC2CO)n1. The topological polar surface area (TPSA) is 106 Å². The van der Waals surface area contributed by atoms with Gasteiger partial charge < -0.3 is 15.7 Å². The normalized spacial score (nSPS) is 19.6. The molecular weight excluding hydrogens is 224 g/mol. The van der Waals surface area contributed by atoms with Gasteiger partial charge in [0, 0.05) is 6.54 Å². The van der Waals surface area contributed by atoms with Gasteiger partial charge in [-0.15, -0.1) is 0 Å². The van der Waals surface area contributed by atoms with Crippen molar-refractivity contribution in [3.63, 3.8) is 0 Å². The summed E-state index contributed by atoms with van der Waals surface area (Å²) in [6.07, 6.45) is 1.80. The van der Waals surface area contributed by atoms with Crippen molar-refractivity contribution in [2.24, 2.45) is 0 Å². The summed E-state index contributed by atoms with van der Waals surface area (Å²) in [6, 6.07) is 2.60. The lowest BCUT2D eigenvalue weighted by atomic mass is 10.2. The number of anilines is 2. The molecule has 17 heavy (non-hydrogen) atoms. The van der Waals surface area contributed by atoms with Gasteiger partial charge in [0.05, 0.1) is 29.7 Å². The molecule has 0 saturated carbocycles. The predicted octanol–water partition coefficient (Wildman–Crippen LogP) is 0.533. The van der Waals surface area contributed by atoms with Crippen LogP contribution >= 0.6 is 0 Å². The Hall–Kier alpha value is -1.89. The number of pyridine rings is 1. The summed E-state index contributed by atoms with van der Waals surface area (Å²) in [6.45, 7) is 0.753. The van der Waals surface area contributed by atoms with Crippen LogP contribution in [0.3, 0.4) is 0 Å². The molecule has 0 radical (unpaired) electrons. The fraction of sp³-hybridized carbons (Fsp3) is 0.500. The molecule has 0 amide bonds. The first-order chi connectivity index (χ1) is 8.11. The van der Waals surface area contributed by atoms with Crippen LogP contribution in [0.25, 0.3) is 0 Å². The maximum absolute atomic E-state index is 10.7. The van der Waals surface area contributed by atoms with Gasteiger partial charge in [0.15, 0.2) is 0 Å². The van der Waals surface area contributed by atoms with Crippen molar-refractivity contribution in [2.75, 3.05) is 23.8 Å². The van der Waals surface area contributed by atoms with E-state index in [9.17, 15) is 15.2 Å². The number of rotatable bonds is 3. The molecule has 1 unspecified atom stereocenters. The Morgan fingerprint density at radius 3 is 3.06 bits per heavy atom. The van der Waals surface area contributed by atoms with E-state index >= 15 is 0 Å². The van der Waals surface area contributed by atoms with Gasteiger partial charge in [-0.2, -0.15) is 0 Å². The maximum Gasteiger partial charge on any atom is 0.276 e. The van der Waals surface area contributed by atoms with E-state index in [-0.39, 0.29) is 24.2 Å². The first-order valence-corrected chi connectivity index (χ1v) is 5.41. The minimum atomic E-state index is -0.494. The summed E-state index contributed by atoms with van der Waals surface area (Å²) < 4.78 is 0. The molecule has 7 nitrogen and oxygen atoms in total. The first-order valence-electron chi connectivity index (χ1n) is 5.41. The molecule has 2 rings (SSSR count). The van der Waals surface area contributed by atoms with Crippen molar-refractivity contribution in [1.82, 2.24) is 4.98 Å². The molecule has 1 aliphatic heterocycles. The van der Waals surface area contributed by atoms with Gasteiger partial charge in [0.25, 0.3) is 5.69 Å². The third kappa shape index (κ3) is 2.28. The lowest BCUT2D eigenvalue weighted by Crippen LogP contribution is -2.32. The second-order valence-electron chi connectivity index (χ2n) is 4.04. The van der Waals surface area contributed by atoms with Gasteiger partial charge in [-0.25, -0.2) is 4.98 Å². The highest BCUT2D eigenvalue weighted by molar-refractivity contribution is 5.55. The van der Waals surface area contributed by atoms with Gasteiger partial charge in [-0.1, -0.05) is 0 Å². The van der Waals surface area contributed by atoms with Crippen LogP contribution in [-0.2, 0) is 0 Å². The molecule has 1 atom stereocenters. The van der Waals surface area contributed by atoms with Crippen LogP contribution < -0.4 is 10.6 Å². The Labute approximate surface area is 98.0 Å². The standard InChI is InChI=1S/C10H14N4O3/c11-9-4-8(14(16)17)5-10(12-9)13-3-1-2-7(13)6-15/h4-5,7,15H,1-3,6H2,(H2,11,12). The largest absolute Gasteiger partial charge is 0.394 e. The van der Waals surface area contributed by atoms with Gasteiger partial charge >= 0.3 is 0 Å². The molecule has 92 valence electrons. The van der Waals surface area contributed by atoms with E-state index in [1.807, 2.05) is 4.90 Å². The van der Waals surface area contributed by atoms with E-state index in [2.05, 4.69) is 4.98 Å². The highest BCUT2D eigenvalue weighted by atomic mass is 16.6. The zero-order valence-electron chi connectivity index (χ0n) is 9.24. The van der Waals surface area contributed by atoms with Gasteiger partial charge in [-0.3, -0.25) is 10.1 Å². The molecule has 1 aromatic rings. The first kappa shape index (κ1) is 11.6. The summed E-state index contributed by atoms with van der Waals surface area (Å²) in [5.41, 5.74) is 5.47. The van der Waals surface area contributed by atoms with Crippen molar-refractivity contribution in [3.05, 3.63) is 22.2 Å². The van der Waals surface area contributed by atoms with Crippen LogP contribution in [0.5, 0.6) is 0 Å². The number of nitrogens with zero attached hydrogens (tertiary/aromatic N) is 3. The molecule has 1 aromatic heterocycles. The lowest BCUT2D eigenvalue weighted by molar-refractivity contribution is -0.384. The number of hydrogen-bond acceptors (Lipinski definition) is 6. The van der Waals surface area contributed by atoms with E-state index in [4.69, 9.17) is 5.73 Å². The number of aromatic nitrogens is 1. The molecule has 0 aromatic carbocycles. The van der Waals surface area contributed by atoms with Crippen molar-refractivity contribution in [2.45, 2.75) is 18.9 Å². The van der Waals surface area contributed by atoms with Crippen LogP contribution in [0.15, 0.2) is 12.1 Å². The molecule has 0 spiro atoms. The molecule has 1 aliphatic rings. The van der Waals surface area contributed by atoms with Crippen LogP contribution in [0.1, 0.15) is 12.8 Å². The van der Waals surface area contributed by atoms with Crippen molar-refractivity contribution in [1.29, 1.82) is 0 Å². The Balaban J connectivity index is 2.34. The number of hydrogen-bond donors (Lipinski definition) is 2. The van der Waals surface area contributed by atoms with E-state index < -0.39 is 4.92 Å². The number of aliphatic hydroxyl groups is 1. The number of nitrogens with two attached hydrogens (primary N) is 1. The van der Waals surface area contributed by atoms with Gasteiger partial charge in [-0.05, 0) is 12.8 Å². The second kappa shape index (κ2) is 4.54. The molecule has 7 heteroatoms. The van der Waals surface area contributed by atoms with Gasteiger partial charge in [0.1, 0.15) is 11.6 Å². The van der Waals surface area contributed by atoms with Crippen molar-refractivity contribution >= 4 is 17.3 Å². The molecule has 0 bridgehead atoms. The molecule has 1 fully saturated rings. The molecular formula is C10H14N4O3. The lowest BCUT2D eigenvalue weighted by Gasteiger charge is -2.23. The number of nitro groups is 1. The second-order valence-corrected chi connectivity index (χ2v) is 4.04. The Bertz CT molecular complexity index is 438. The minimum Gasteiger partial charge on any atom is -0.394 e. The average molecular weight is 238 g/mol. The summed E-state index contributed by atoms with van der Waals surface area (Å²) in [5.74, 6) is 0.589. The van der Waals surface area contributed by atoms with Crippen LogP contribution in [0.2, 0.25) is 0 Å². The minimum absolute atomic E-state index is 0.0181. The van der Waals surface area contributed by atoms with Crippen molar-refractivity contribution < 1.29 is 10.0 Å². The van der Waals surface area contributed by atoms with E-state index in [0.29, 0.717) is 5.82 Å². The molecule has 0 aliphatic carbocycles. The molecule has 3 N–H and O–H groups in total.